The second kappa shape index (κ2) is 9.64. The second-order valence-corrected chi connectivity index (χ2v) is 6.78. The first-order chi connectivity index (χ1) is 11.6. The van der Waals surface area contributed by atoms with Gasteiger partial charge in [-0.2, -0.15) is 0 Å². The van der Waals surface area contributed by atoms with Crippen LogP contribution in [0.5, 0.6) is 0 Å². The van der Waals surface area contributed by atoms with Gasteiger partial charge in [0.25, 0.3) is 0 Å². The van der Waals surface area contributed by atoms with E-state index in [9.17, 15) is 0 Å². The fourth-order valence-corrected chi connectivity index (χ4v) is 3.18. The maximum atomic E-state index is 5.30. The predicted octanol–water partition coefficient (Wildman–Crippen LogP) is 2.18. The molecule has 0 saturated carbocycles. The van der Waals surface area contributed by atoms with Gasteiger partial charge in [0.1, 0.15) is 0 Å². The molecule has 1 aromatic carbocycles. The Morgan fingerprint density at radius 1 is 1.38 bits per heavy atom. The molecule has 2 rings (SSSR count). The van der Waals surface area contributed by atoms with E-state index < -0.39 is 0 Å². The lowest BCUT2D eigenvalue weighted by atomic mass is 10.1. The van der Waals surface area contributed by atoms with Gasteiger partial charge in [-0.15, -0.1) is 0 Å². The monoisotopic (exact) mass is 332 g/mol. The Labute approximate surface area is 146 Å². The van der Waals surface area contributed by atoms with Crippen molar-refractivity contribution in [1.82, 2.24) is 15.1 Å². The summed E-state index contributed by atoms with van der Waals surface area (Å²) in [5.41, 5.74) is 2.59. The van der Waals surface area contributed by atoms with Crippen molar-refractivity contribution in [2.75, 3.05) is 47.4 Å². The molecule has 0 aliphatic carbocycles. The third-order valence-electron chi connectivity index (χ3n) is 4.22. The summed E-state index contributed by atoms with van der Waals surface area (Å²) in [5.74, 6) is 1.64. The van der Waals surface area contributed by atoms with E-state index in [1.165, 1.54) is 17.5 Å². The predicted molar refractivity (Wildman–Crippen MR) is 100 cm³/mol. The largest absolute Gasteiger partial charge is 0.384 e. The first-order valence-electron chi connectivity index (χ1n) is 8.87. The highest BCUT2D eigenvalue weighted by atomic mass is 16.5. The highest BCUT2D eigenvalue weighted by molar-refractivity contribution is 5.80. The topological polar surface area (TPSA) is 40.1 Å². The van der Waals surface area contributed by atoms with Gasteiger partial charge in [-0.05, 0) is 38.6 Å². The van der Waals surface area contributed by atoms with Gasteiger partial charge in [0.05, 0.1) is 13.2 Å². The number of hydrogen-bond donors (Lipinski definition) is 1. The van der Waals surface area contributed by atoms with Crippen molar-refractivity contribution in [3.05, 3.63) is 35.4 Å². The van der Waals surface area contributed by atoms with Gasteiger partial charge in [-0.25, -0.2) is 4.99 Å². The Hall–Kier alpha value is -1.59. The van der Waals surface area contributed by atoms with Crippen LogP contribution in [0.3, 0.4) is 0 Å². The summed E-state index contributed by atoms with van der Waals surface area (Å²) in [6.07, 6.45) is 1.18. The Morgan fingerprint density at radius 2 is 2.17 bits per heavy atom. The lowest BCUT2D eigenvalue weighted by Crippen LogP contribution is -2.40. The molecule has 0 amide bonds. The van der Waals surface area contributed by atoms with Gasteiger partial charge in [0.2, 0.25) is 0 Å². The van der Waals surface area contributed by atoms with Crippen LogP contribution >= 0.6 is 0 Å². The molecule has 24 heavy (non-hydrogen) atoms. The minimum atomic E-state index is 0.613. The minimum absolute atomic E-state index is 0.613. The normalized spacial score (nSPS) is 18.5. The molecular formula is C19H32N4O. The van der Waals surface area contributed by atoms with Crippen molar-refractivity contribution in [2.45, 2.75) is 26.4 Å². The fourth-order valence-electron chi connectivity index (χ4n) is 3.18. The van der Waals surface area contributed by atoms with Crippen LogP contribution in [0.2, 0.25) is 0 Å². The Morgan fingerprint density at radius 3 is 2.88 bits per heavy atom. The maximum absolute atomic E-state index is 5.30. The summed E-state index contributed by atoms with van der Waals surface area (Å²) >= 11 is 0. The Kier molecular flexibility index (Phi) is 7.53. The first-order valence-corrected chi connectivity index (χ1v) is 8.87. The fraction of sp³-hybridized carbons (Fsp3) is 0.632. The van der Waals surface area contributed by atoms with E-state index in [4.69, 9.17) is 9.73 Å². The van der Waals surface area contributed by atoms with Crippen molar-refractivity contribution in [2.24, 2.45) is 10.9 Å². The van der Waals surface area contributed by atoms with Gasteiger partial charge >= 0.3 is 0 Å². The number of rotatable bonds is 7. The van der Waals surface area contributed by atoms with E-state index in [1.54, 1.807) is 7.11 Å². The number of likely N-dealkylation sites (tertiary alicyclic amines) is 1. The van der Waals surface area contributed by atoms with E-state index >= 15 is 0 Å². The van der Waals surface area contributed by atoms with Gasteiger partial charge in [0.15, 0.2) is 5.96 Å². The van der Waals surface area contributed by atoms with E-state index in [0.717, 1.165) is 45.3 Å². The molecule has 1 aromatic rings. The lowest BCUT2D eigenvalue weighted by molar-refractivity contribution is 0.157. The third kappa shape index (κ3) is 5.80. The summed E-state index contributed by atoms with van der Waals surface area (Å²) in [7, 11) is 5.97. The van der Waals surface area contributed by atoms with Gasteiger partial charge in [-0.1, -0.05) is 24.3 Å². The van der Waals surface area contributed by atoms with Crippen molar-refractivity contribution in [1.29, 1.82) is 0 Å². The van der Waals surface area contributed by atoms with Crippen molar-refractivity contribution in [3.8, 4) is 0 Å². The number of hydrogen-bond acceptors (Lipinski definition) is 3. The van der Waals surface area contributed by atoms with Crippen LogP contribution in [0.15, 0.2) is 29.3 Å². The average molecular weight is 332 g/mol. The smallest absolute Gasteiger partial charge is 0.194 e. The summed E-state index contributed by atoms with van der Waals surface area (Å²) in [4.78, 5) is 9.40. The second-order valence-electron chi connectivity index (χ2n) is 6.78. The standard InChI is InChI=1S/C19H32N4O/c1-5-20-19(23-10-9-18(14-23)15-24-4)21-12-16-7-6-8-17(11-16)13-22(2)3/h6-8,11,18H,5,9-10,12-15H2,1-4H3,(H,20,21). The van der Waals surface area contributed by atoms with E-state index in [1.807, 2.05) is 0 Å². The molecule has 1 N–H and O–H groups in total. The number of benzene rings is 1. The van der Waals surface area contributed by atoms with Gasteiger partial charge in [0, 0.05) is 39.2 Å². The zero-order valence-corrected chi connectivity index (χ0v) is 15.6. The molecule has 1 unspecified atom stereocenters. The summed E-state index contributed by atoms with van der Waals surface area (Å²) in [5, 5.41) is 3.43. The summed E-state index contributed by atoms with van der Waals surface area (Å²) < 4.78 is 5.30. The van der Waals surface area contributed by atoms with E-state index in [-0.39, 0.29) is 0 Å². The molecule has 0 bridgehead atoms. The number of nitrogens with one attached hydrogen (secondary N) is 1. The van der Waals surface area contributed by atoms with Crippen LogP contribution in [0.1, 0.15) is 24.5 Å². The van der Waals surface area contributed by atoms with Gasteiger partial charge in [-0.3, -0.25) is 0 Å². The zero-order valence-electron chi connectivity index (χ0n) is 15.6. The number of nitrogens with zero attached hydrogens (tertiary/aromatic N) is 3. The van der Waals surface area contributed by atoms with E-state index in [2.05, 4.69) is 60.4 Å². The van der Waals surface area contributed by atoms with Crippen LogP contribution in [0.25, 0.3) is 0 Å². The summed E-state index contributed by atoms with van der Waals surface area (Å²) in [6, 6.07) is 8.71. The molecule has 1 aliphatic rings. The molecule has 1 atom stereocenters. The SMILES string of the molecule is CCNC(=NCc1cccc(CN(C)C)c1)N1CCC(COC)C1. The molecule has 134 valence electrons. The Bertz CT molecular complexity index is 530. The molecular weight excluding hydrogens is 300 g/mol. The quantitative estimate of drug-likeness (QED) is 0.614. The maximum Gasteiger partial charge on any atom is 0.194 e. The number of ether oxygens (including phenoxy) is 1. The minimum Gasteiger partial charge on any atom is -0.384 e. The zero-order chi connectivity index (χ0) is 17.4. The molecule has 0 aromatic heterocycles. The van der Waals surface area contributed by atoms with Crippen LogP contribution in [0, 0.1) is 5.92 Å². The Balaban J connectivity index is 2.00. The highest BCUT2D eigenvalue weighted by Gasteiger charge is 2.24. The van der Waals surface area contributed by atoms with Crippen LogP contribution in [0.4, 0.5) is 0 Å². The van der Waals surface area contributed by atoms with Crippen LogP contribution < -0.4 is 5.32 Å². The number of methoxy groups -OCH3 is 1. The van der Waals surface area contributed by atoms with Crippen molar-refractivity contribution >= 4 is 5.96 Å². The van der Waals surface area contributed by atoms with Crippen molar-refractivity contribution < 1.29 is 4.74 Å². The molecule has 1 heterocycles. The summed E-state index contributed by atoms with van der Waals surface area (Å²) in [6.45, 7) is 7.61. The molecule has 1 fully saturated rings. The van der Waals surface area contributed by atoms with Gasteiger partial charge < -0.3 is 19.9 Å². The number of guanidine groups is 1. The molecule has 1 aliphatic heterocycles. The molecule has 0 radical (unpaired) electrons. The number of aliphatic imine (C=N–C) groups is 1. The average Bonchev–Trinajstić information content (AvgIpc) is 3.00. The van der Waals surface area contributed by atoms with Crippen LogP contribution in [-0.4, -0.2) is 63.2 Å². The van der Waals surface area contributed by atoms with Crippen molar-refractivity contribution in [3.63, 3.8) is 0 Å². The van der Waals surface area contributed by atoms with E-state index in [0.29, 0.717) is 5.92 Å². The molecule has 5 heteroatoms. The molecule has 0 spiro atoms. The molecule has 5 nitrogen and oxygen atoms in total. The first kappa shape index (κ1) is 18.7. The third-order valence-corrected chi connectivity index (χ3v) is 4.22. The molecule has 1 saturated heterocycles. The highest BCUT2D eigenvalue weighted by Crippen LogP contribution is 2.17. The van der Waals surface area contributed by atoms with Crippen LogP contribution in [-0.2, 0) is 17.8 Å². The lowest BCUT2D eigenvalue weighted by Gasteiger charge is -2.21.